The van der Waals surface area contributed by atoms with E-state index in [4.69, 9.17) is 23.2 Å². The summed E-state index contributed by atoms with van der Waals surface area (Å²) in [6, 6.07) is 15.4. The zero-order valence-corrected chi connectivity index (χ0v) is 18.0. The monoisotopic (exact) mass is 455 g/mol. The summed E-state index contributed by atoms with van der Waals surface area (Å²) in [5.41, 5.74) is 3.30. The van der Waals surface area contributed by atoms with Crippen molar-refractivity contribution in [2.75, 3.05) is 12.4 Å². The van der Waals surface area contributed by atoms with Crippen LogP contribution in [0.4, 0.5) is 5.82 Å². The van der Waals surface area contributed by atoms with Crippen LogP contribution in [0.2, 0.25) is 10.0 Å². The predicted molar refractivity (Wildman–Crippen MR) is 128 cm³/mol. The number of aromatic nitrogens is 1. The number of carbonyl (C=O) groups is 2. The van der Waals surface area contributed by atoms with Crippen molar-refractivity contribution in [2.24, 2.45) is 4.99 Å². The Morgan fingerprint density at radius 3 is 2.23 bits per heavy atom. The SMILES string of the molecule is C.CN=C(C)c1ccc(C(=O)Cc2ccc(Cl)cc2C(=O)Nc2ccc(Cl)cn2)cc1. The molecule has 1 N–H and O–H groups in total. The van der Waals surface area contributed by atoms with Crippen LogP contribution < -0.4 is 5.32 Å². The van der Waals surface area contributed by atoms with Gasteiger partial charge >= 0.3 is 0 Å². The first-order chi connectivity index (χ1) is 14.4. The molecule has 0 saturated carbocycles. The van der Waals surface area contributed by atoms with Gasteiger partial charge in [-0.2, -0.15) is 0 Å². The second-order valence-electron chi connectivity index (χ2n) is 6.60. The lowest BCUT2D eigenvalue weighted by molar-refractivity contribution is 0.0992. The van der Waals surface area contributed by atoms with Gasteiger partial charge in [0.2, 0.25) is 0 Å². The molecule has 1 aromatic heterocycles. The van der Waals surface area contributed by atoms with Gasteiger partial charge in [0.25, 0.3) is 5.91 Å². The summed E-state index contributed by atoms with van der Waals surface area (Å²) < 4.78 is 0. The first-order valence-corrected chi connectivity index (χ1v) is 9.91. The number of anilines is 1. The number of ketones is 1. The first-order valence-electron chi connectivity index (χ1n) is 9.15. The van der Waals surface area contributed by atoms with Crippen molar-refractivity contribution in [1.82, 2.24) is 4.98 Å². The molecule has 0 saturated heterocycles. The van der Waals surface area contributed by atoms with Crippen LogP contribution in [-0.4, -0.2) is 29.4 Å². The lowest BCUT2D eigenvalue weighted by atomic mass is 9.97. The Balaban J connectivity index is 0.00000341. The number of aliphatic imine (C=N–C) groups is 1. The molecule has 0 fully saturated rings. The van der Waals surface area contributed by atoms with Gasteiger partial charge in [-0.3, -0.25) is 14.6 Å². The molecule has 0 unspecified atom stereocenters. The standard InChI is InChI=1S/C23H19Cl2N3O2.CH4/c1-14(26-2)15-3-5-16(6-4-15)21(29)11-17-7-8-18(24)12-20(17)23(30)28-22-10-9-19(25)13-27-22;/h3-10,12-13H,11H2,1-2H3,(H,27,28,30);1H4. The number of hydrogen-bond acceptors (Lipinski definition) is 4. The lowest BCUT2D eigenvalue weighted by Crippen LogP contribution is -2.17. The van der Waals surface area contributed by atoms with Crippen LogP contribution in [0.15, 0.2) is 65.8 Å². The Morgan fingerprint density at radius 1 is 0.968 bits per heavy atom. The summed E-state index contributed by atoms with van der Waals surface area (Å²) in [6.45, 7) is 1.91. The summed E-state index contributed by atoms with van der Waals surface area (Å²) in [5, 5.41) is 3.57. The van der Waals surface area contributed by atoms with E-state index in [0.29, 0.717) is 32.6 Å². The van der Waals surface area contributed by atoms with Crippen LogP contribution >= 0.6 is 23.2 Å². The molecule has 0 spiro atoms. The fraction of sp³-hybridized carbons (Fsp3) is 0.167. The zero-order chi connectivity index (χ0) is 21.7. The Labute approximate surface area is 192 Å². The van der Waals surface area contributed by atoms with Gasteiger partial charge < -0.3 is 5.32 Å². The fourth-order valence-corrected chi connectivity index (χ4v) is 3.13. The molecule has 3 rings (SSSR count). The van der Waals surface area contributed by atoms with Crippen molar-refractivity contribution < 1.29 is 9.59 Å². The third-order valence-electron chi connectivity index (χ3n) is 4.60. The van der Waals surface area contributed by atoms with E-state index >= 15 is 0 Å². The molecule has 31 heavy (non-hydrogen) atoms. The quantitative estimate of drug-likeness (QED) is 0.358. The van der Waals surface area contributed by atoms with Crippen molar-refractivity contribution >= 4 is 46.4 Å². The van der Waals surface area contributed by atoms with Gasteiger partial charge in [0.05, 0.1) is 5.02 Å². The topological polar surface area (TPSA) is 71.4 Å². The molecule has 0 aliphatic heterocycles. The third-order valence-corrected chi connectivity index (χ3v) is 5.06. The van der Waals surface area contributed by atoms with Gasteiger partial charge in [-0.1, -0.05) is 61.0 Å². The minimum atomic E-state index is -0.403. The minimum absolute atomic E-state index is 0. The van der Waals surface area contributed by atoms with E-state index in [1.54, 1.807) is 49.5 Å². The maximum absolute atomic E-state index is 12.8. The number of amides is 1. The van der Waals surface area contributed by atoms with E-state index in [1.807, 2.05) is 19.1 Å². The number of halogens is 2. The Bertz CT molecular complexity index is 1110. The highest BCUT2D eigenvalue weighted by Crippen LogP contribution is 2.20. The van der Waals surface area contributed by atoms with Crippen LogP contribution in [0.3, 0.4) is 0 Å². The smallest absolute Gasteiger partial charge is 0.257 e. The highest BCUT2D eigenvalue weighted by Gasteiger charge is 2.17. The van der Waals surface area contributed by atoms with Crippen LogP contribution in [0.5, 0.6) is 0 Å². The van der Waals surface area contributed by atoms with Gasteiger partial charge in [0.15, 0.2) is 5.78 Å². The van der Waals surface area contributed by atoms with Gasteiger partial charge in [-0.25, -0.2) is 4.98 Å². The minimum Gasteiger partial charge on any atom is -0.307 e. The van der Waals surface area contributed by atoms with E-state index in [-0.39, 0.29) is 19.6 Å². The highest BCUT2D eigenvalue weighted by atomic mass is 35.5. The molecular formula is C24H23Cl2N3O2. The summed E-state index contributed by atoms with van der Waals surface area (Å²) in [5.74, 6) is -0.154. The molecule has 0 bridgehead atoms. The first kappa shape index (κ1) is 24.3. The number of carbonyl (C=O) groups excluding carboxylic acids is 2. The number of nitrogens with zero attached hydrogens (tertiary/aromatic N) is 2. The lowest BCUT2D eigenvalue weighted by Gasteiger charge is -2.11. The van der Waals surface area contributed by atoms with Gasteiger partial charge in [-0.05, 0) is 42.3 Å². The Hall–Kier alpha value is -3.02. The van der Waals surface area contributed by atoms with Crippen molar-refractivity contribution in [3.63, 3.8) is 0 Å². The number of pyridine rings is 1. The second kappa shape index (κ2) is 10.8. The normalized spacial score (nSPS) is 10.9. The van der Waals surface area contributed by atoms with Crippen LogP contribution in [0, 0.1) is 0 Å². The summed E-state index contributed by atoms with van der Waals surface area (Å²) in [4.78, 5) is 33.8. The van der Waals surface area contributed by atoms with E-state index in [9.17, 15) is 9.59 Å². The summed E-state index contributed by atoms with van der Waals surface area (Å²) in [7, 11) is 1.72. The molecular weight excluding hydrogens is 433 g/mol. The molecule has 1 amide bonds. The average Bonchev–Trinajstić information content (AvgIpc) is 2.76. The molecule has 0 aliphatic carbocycles. The molecule has 2 aromatic carbocycles. The largest absolute Gasteiger partial charge is 0.307 e. The maximum Gasteiger partial charge on any atom is 0.257 e. The molecule has 1 heterocycles. The number of hydrogen-bond donors (Lipinski definition) is 1. The van der Waals surface area contributed by atoms with Crippen molar-refractivity contribution in [1.29, 1.82) is 0 Å². The van der Waals surface area contributed by atoms with Gasteiger partial charge in [0, 0.05) is 41.5 Å². The van der Waals surface area contributed by atoms with E-state index in [2.05, 4.69) is 15.3 Å². The number of rotatable bonds is 6. The molecule has 0 aliphatic rings. The third kappa shape index (κ3) is 6.23. The zero-order valence-electron chi connectivity index (χ0n) is 16.4. The summed E-state index contributed by atoms with van der Waals surface area (Å²) >= 11 is 11.9. The predicted octanol–water partition coefficient (Wildman–Crippen LogP) is 6.14. The highest BCUT2D eigenvalue weighted by molar-refractivity contribution is 6.31. The molecule has 0 radical (unpaired) electrons. The Morgan fingerprint density at radius 2 is 1.61 bits per heavy atom. The van der Waals surface area contributed by atoms with Crippen molar-refractivity contribution in [2.45, 2.75) is 20.8 Å². The van der Waals surface area contributed by atoms with Gasteiger partial charge in [-0.15, -0.1) is 0 Å². The number of nitrogens with one attached hydrogen (secondary N) is 1. The fourth-order valence-electron chi connectivity index (χ4n) is 2.85. The van der Waals surface area contributed by atoms with Crippen molar-refractivity contribution in [3.05, 3.63) is 93.1 Å². The second-order valence-corrected chi connectivity index (χ2v) is 7.48. The van der Waals surface area contributed by atoms with E-state index in [1.165, 1.54) is 6.20 Å². The maximum atomic E-state index is 12.8. The molecule has 7 heteroatoms. The molecule has 5 nitrogen and oxygen atoms in total. The number of Topliss-reactive ketones (excluding diaryl/α,β-unsaturated/α-hetero) is 1. The molecule has 0 atom stereocenters. The van der Waals surface area contributed by atoms with Crippen molar-refractivity contribution in [3.8, 4) is 0 Å². The summed E-state index contributed by atoms with van der Waals surface area (Å²) in [6.07, 6.45) is 1.50. The molecule has 3 aromatic rings. The van der Waals surface area contributed by atoms with Crippen LogP contribution in [0.1, 0.15) is 46.2 Å². The Kier molecular flexibility index (Phi) is 8.48. The van der Waals surface area contributed by atoms with Crippen LogP contribution in [-0.2, 0) is 6.42 Å². The number of benzene rings is 2. The van der Waals surface area contributed by atoms with Gasteiger partial charge in [0.1, 0.15) is 5.82 Å². The molecule has 160 valence electrons. The van der Waals surface area contributed by atoms with E-state index < -0.39 is 5.91 Å². The average molecular weight is 456 g/mol. The van der Waals surface area contributed by atoms with E-state index in [0.717, 1.165) is 11.3 Å². The van der Waals surface area contributed by atoms with Crippen LogP contribution in [0.25, 0.3) is 0 Å².